The maximum atomic E-state index is 12.2. The molecule has 0 unspecified atom stereocenters. The van der Waals surface area contributed by atoms with E-state index in [9.17, 15) is 19.8 Å². The maximum absolute atomic E-state index is 12.2. The number of hydrogen-bond acceptors (Lipinski definition) is 6. The number of esters is 2. The van der Waals surface area contributed by atoms with Crippen molar-refractivity contribution in [1.82, 2.24) is 0 Å². The Labute approximate surface area is 165 Å². The third-order valence-electron chi connectivity index (χ3n) is 4.36. The van der Waals surface area contributed by atoms with Crippen LogP contribution in [0, 0.1) is 10.8 Å². The Morgan fingerprint density at radius 1 is 0.750 bits per heavy atom. The normalized spacial score (nSPS) is 12.1. The molecule has 6 heteroatoms. The van der Waals surface area contributed by atoms with Gasteiger partial charge in [0.25, 0.3) is 0 Å². The average molecular weight is 388 g/mol. The van der Waals surface area contributed by atoms with Crippen molar-refractivity contribution in [3.8, 4) is 0 Å². The molecular formula is C22H28O6. The van der Waals surface area contributed by atoms with Gasteiger partial charge in [-0.1, -0.05) is 39.8 Å². The van der Waals surface area contributed by atoms with Gasteiger partial charge in [0.2, 0.25) is 0 Å². The Kier molecular flexibility index (Phi) is 6.80. The quantitative estimate of drug-likeness (QED) is 0.675. The zero-order chi connectivity index (χ0) is 20.9. The van der Waals surface area contributed by atoms with Gasteiger partial charge < -0.3 is 19.7 Å². The average Bonchev–Trinajstić information content (AvgIpc) is 2.69. The molecule has 152 valence electrons. The van der Waals surface area contributed by atoms with Gasteiger partial charge in [-0.05, 0) is 35.0 Å². The number of ether oxygens (including phenoxy) is 2. The summed E-state index contributed by atoms with van der Waals surface area (Å²) in [6, 6.07) is 10.2. The molecule has 0 saturated heterocycles. The van der Waals surface area contributed by atoms with E-state index in [1.807, 2.05) is 27.7 Å². The van der Waals surface area contributed by atoms with Crippen molar-refractivity contribution in [2.75, 3.05) is 26.4 Å². The van der Waals surface area contributed by atoms with E-state index in [4.69, 9.17) is 9.47 Å². The van der Waals surface area contributed by atoms with Gasteiger partial charge in [0.1, 0.15) is 0 Å². The van der Waals surface area contributed by atoms with E-state index in [2.05, 4.69) is 0 Å². The van der Waals surface area contributed by atoms with E-state index in [0.717, 1.165) is 10.8 Å². The first-order valence-electron chi connectivity index (χ1n) is 9.17. The molecule has 0 aliphatic heterocycles. The fraction of sp³-hybridized carbons (Fsp3) is 0.455. The summed E-state index contributed by atoms with van der Waals surface area (Å²) in [7, 11) is 0. The van der Waals surface area contributed by atoms with Crippen LogP contribution in [0.4, 0.5) is 0 Å². The van der Waals surface area contributed by atoms with E-state index in [1.165, 1.54) is 0 Å². The molecule has 0 radical (unpaired) electrons. The number of benzene rings is 2. The summed E-state index contributed by atoms with van der Waals surface area (Å²) in [5.41, 5.74) is -0.179. The second kappa shape index (κ2) is 8.71. The molecule has 0 amide bonds. The van der Waals surface area contributed by atoms with Crippen molar-refractivity contribution in [1.29, 1.82) is 0 Å². The molecule has 0 bridgehead atoms. The van der Waals surface area contributed by atoms with E-state index < -0.39 is 22.8 Å². The van der Waals surface area contributed by atoms with Crippen molar-refractivity contribution in [2.45, 2.75) is 27.7 Å². The van der Waals surface area contributed by atoms with Gasteiger partial charge in [0.15, 0.2) is 0 Å². The molecule has 0 atom stereocenters. The van der Waals surface area contributed by atoms with Gasteiger partial charge in [0, 0.05) is 10.8 Å². The Balaban J connectivity index is 2.11. The highest BCUT2D eigenvalue weighted by Crippen LogP contribution is 2.21. The molecule has 6 nitrogen and oxygen atoms in total. The van der Waals surface area contributed by atoms with E-state index in [0.29, 0.717) is 11.1 Å². The van der Waals surface area contributed by atoms with Gasteiger partial charge in [-0.2, -0.15) is 0 Å². The molecular weight excluding hydrogens is 360 g/mol. The lowest BCUT2D eigenvalue weighted by Gasteiger charge is -2.21. The summed E-state index contributed by atoms with van der Waals surface area (Å²) >= 11 is 0. The summed E-state index contributed by atoms with van der Waals surface area (Å²) in [5.74, 6) is -0.920. The van der Waals surface area contributed by atoms with Crippen LogP contribution >= 0.6 is 0 Å². The molecule has 0 aliphatic carbocycles. The Bertz CT molecular complexity index is 782. The number of carbonyl (C=O) groups is 2. The molecule has 0 fully saturated rings. The van der Waals surface area contributed by atoms with Gasteiger partial charge in [0.05, 0.1) is 37.6 Å². The number of aliphatic hydroxyl groups is 2. The lowest BCUT2D eigenvalue weighted by molar-refractivity contribution is 0.0212. The predicted octanol–water partition coefficient (Wildman–Crippen LogP) is 3.19. The topological polar surface area (TPSA) is 93.1 Å². The summed E-state index contributed by atoms with van der Waals surface area (Å²) < 4.78 is 10.6. The van der Waals surface area contributed by atoms with Crippen LogP contribution in [-0.2, 0) is 9.47 Å². The van der Waals surface area contributed by atoms with Crippen molar-refractivity contribution >= 4 is 22.7 Å². The van der Waals surface area contributed by atoms with Crippen LogP contribution in [0.25, 0.3) is 10.8 Å². The molecule has 0 aromatic heterocycles. The highest BCUT2D eigenvalue weighted by atomic mass is 16.5. The van der Waals surface area contributed by atoms with Crippen LogP contribution < -0.4 is 0 Å². The predicted molar refractivity (Wildman–Crippen MR) is 106 cm³/mol. The standard InChI is InChI=1S/C22H28O6/c1-21(2,11-23)13-27-19(25)17-7-5-16-10-18(8-6-15(16)9-17)20(26)28-14-22(3,4)12-24/h5-10,23-24H,11-14H2,1-4H3. The van der Waals surface area contributed by atoms with Crippen LogP contribution in [0.1, 0.15) is 48.4 Å². The van der Waals surface area contributed by atoms with Gasteiger partial charge in [-0.25, -0.2) is 9.59 Å². The summed E-state index contributed by atoms with van der Waals surface area (Å²) in [5, 5.41) is 20.1. The highest BCUT2D eigenvalue weighted by Gasteiger charge is 2.21. The molecule has 0 saturated carbocycles. The first-order chi connectivity index (χ1) is 13.1. The van der Waals surface area contributed by atoms with Crippen LogP contribution in [0.2, 0.25) is 0 Å². The van der Waals surface area contributed by atoms with Crippen LogP contribution in [-0.4, -0.2) is 48.6 Å². The Hall–Kier alpha value is -2.44. The summed E-state index contributed by atoms with van der Waals surface area (Å²) in [4.78, 5) is 24.5. The van der Waals surface area contributed by atoms with Crippen LogP contribution in [0.5, 0.6) is 0 Å². The van der Waals surface area contributed by atoms with Crippen molar-refractivity contribution in [3.05, 3.63) is 47.5 Å². The minimum absolute atomic E-state index is 0.0770. The Morgan fingerprint density at radius 3 is 1.43 bits per heavy atom. The molecule has 0 spiro atoms. The molecule has 0 heterocycles. The molecule has 2 N–H and O–H groups in total. The Morgan fingerprint density at radius 2 is 1.11 bits per heavy atom. The van der Waals surface area contributed by atoms with Gasteiger partial charge in [-0.3, -0.25) is 0 Å². The zero-order valence-corrected chi connectivity index (χ0v) is 16.8. The van der Waals surface area contributed by atoms with E-state index in [-0.39, 0.29) is 26.4 Å². The number of aliphatic hydroxyl groups excluding tert-OH is 2. The first kappa shape index (κ1) is 21.9. The lowest BCUT2D eigenvalue weighted by atomic mass is 9.96. The largest absolute Gasteiger partial charge is 0.461 e. The molecule has 2 rings (SSSR count). The third-order valence-corrected chi connectivity index (χ3v) is 4.36. The number of carbonyl (C=O) groups excluding carboxylic acids is 2. The summed E-state index contributed by atoms with van der Waals surface area (Å²) in [6.07, 6.45) is 0. The fourth-order valence-electron chi connectivity index (χ4n) is 2.28. The SMILES string of the molecule is CC(C)(CO)COC(=O)c1ccc2cc(C(=O)OCC(C)(C)CO)ccc2c1. The second-order valence-electron chi connectivity index (χ2n) is 8.57. The smallest absolute Gasteiger partial charge is 0.338 e. The zero-order valence-electron chi connectivity index (χ0n) is 16.8. The maximum Gasteiger partial charge on any atom is 0.338 e. The van der Waals surface area contributed by atoms with Crippen molar-refractivity contribution < 1.29 is 29.3 Å². The third kappa shape index (κ3) is 5.78. The lowest BCUT2D eigenvalue weighted by Crippen LogP contribution is -2.25. The molecule has 28 heavy (non-hydrogen) atoms. The van der Waals surface area contributed by atoms with Gasteiger partial charge in [-0.15, -0.1) is 0 Å². The second-order valence-corrected chi connectivity index (χ2v) is 8.57. The fourth-order valence-corrected chi connectivity index (χ4v) is 2.28. The highest BCUT2D eigenvalue weighted by molar-refractivity contribution is 5.99. The molecule has 2 aromatic carbocycles. The van der Waals surface area contributed by atoms with Crippen molar-refractivity contribution in [2.24, 2.45) is 10.8 Å². The van der Waals surface area contributed by atoms with E-state index >= 15 is 0 Å². The number of rotatable bonds is 8. The minimum Gasteiger partial charge on any atom is -0.461 e. The first-order valence-corrected chi connectivity index (χ1v) is 9.17. The monoisotopic (exact) mass is 388 g/mol. The number of fused-ring (bicyclic) bond motifs is 1. The molecule has 2 aromatic rings. The minimum atomic E-state index is -0.494. The summed E-state index contributed by atoms with van der Waals surface area (Å²) in [6.45, 7) is 7.32. The van der Waals surface area contributed by atoms with Crippen LogP contribution in [0.15, 0.2) is 36.4 Å². The number of hydrogen-bond donors (Lipinski definition) is 2. The van der Waals surface area contributed by atoms with E-state index in [1.54, 1.807) is 36.4 Å². The molecule has 0 aliphatic rings. The van der Waals surface area contributed by atoms with Crippen molar-refractivity contribution in [3.63, 3.8) is 0 Å². The van der Waals surface area contributed by atoms with Gasteiger partial charge >= 0.3 is 11.9 Å². The van der Waals surface area contributed by atoms with Crippen LogP contribution in [0.3, 0.4) is 0 Å².